The Morgan fingerprint density at radius 3 is 2.59 bits per heavy atom. The number of nitrogens with zero attached hydrogens (tertiary/aromatic N) is 7. The van der Waals surface area contributed by atoms with Crippen molar-refractivity contribution in [3.63, 3.8) is 0 Å². The highest BCUT2D eigenvalue weighted by Crippen LogP contribution is 2.37. The number of carbonyl (C=O) groups is 1. The van der Waals surface area contributed by atoms with Crippen LogP contribution in [0.1, 0.15) is 35.2 Å². The van der Waals surface area contributed by atoms with Crippen molar-refractivity contribution in [2.75, 3.05) is 69.8 Å². The molecule has 2 saturated heterocycles. The second kappa shape index (κ2) is 10.7. The van der Waals surface area contributed by atoms with E-state index in [-0.39, 0.29) is 0 Å². The smallest absolute Gasteiger partial charge is 0.318 e. The minimum absolute atomic E-state index is 0.374. The molecule has 2 fully saturated rings. The number of halogens is 1. The van der Waals surface area contributed by atoms with Crippen molar-refractivity contribution in [1.82, 2.24) is 24.7 Å². The first-order chi connectivity index (χ1) is 18.9. The minimum atomic E-state index is -0.910. The summed E-state index contributed by atoms with van der Waals surface area (Å²) in [6.45, 7) is 10.3. The molecular formula is C29H38FN7O2. The molecule has 0 N–H and O–H groups in total. The summed E-state index contributed by atoms with van der Waals surface area (Å²) in [6.07, 6.45) is 3.33. The third kappa shape index (κ3) is 5.19. The fourth-order valence-corrected chi connectivity index (χ4v) is 6.39. The number of piperazine rings is 1. The maximum atomic E-state index is 13.5. The lowest BCUT2D eigenvalue weighted by Crippen LogP contribution is -2.49. The lowest BCUT2D eigenvalue weighted by molar-refractivity contribution is -0.128. The number of likely N-dealkylation sites (tertiary alicyclic amines) is 1. The Morgan fingerprint density at radius 1 is 1.03 bits per heavy atom. The Balaban J connectivity index is 1.27. The zero-order valence-electron chi connectivity index (χ0n) is 23.0. The maximum absolute atomic E-state index is 13.5. The van der Waals surface area contributed by atoms with E-state index >= 15 is 0 Å². The van der Waals surface area contributed by atoms with E-state index < -0.39 is 11.7 Å². The molecule has 0 unspecified atom stereocenters. The van der Waals surface area contributed by atoms with Crippen LogP contribution >= 0.6 is 0 Å². The summed E-state index contributed by atoms with van der Waals surface area (Å²) in [5, 5.41) is 0. The van der Waals surface area contributed by atoms with E-state index in [9.17, 15) is 9.18 Å². The van der Waals surface area contributed by atoms with Gasteiger partial charge in [-0.05, 0) is 57.1 Å². The third-order valence-corrected chi connectivity index (χ3v) is 8.69. The molecule has 1 aromatic heterocycles. The van der Waals surface area contributed by atoms with Crippen LogP contribution in [0.15, 0.2) is 30.6 Å². The van der Waals surface area contributed by atoms with Crippen LogP contribution in [0.5, 0.6) is 6.01 Å². The summed E-state index contributed by atoms with van der Waals surface area (Å²) in [5.74, 6) is -0.669. The highest BCUT2D eigenvalue weighted by molar-refractivity contribution is 5.90. The van der Waals surface area contributed by atoms with Gasteiger partial charge in [-0.1, -0.05) is 18.7 Å². The van der Waals surface area contributed by atoms with Gasteiger partial charge in [0.05, 0.1) is 12.2 Å². The van der Waals surface area contributed by atoms with E-state index in [1.54, 1.807) is 0 Å². The molecule has 0 aliphatic carbocycles. The number of fused-ring (bicyclic) bond motifs is 2. The largest absolute Gasteiger partial charge is 0.462 e. The average molecular weight is 536 g/mol. The molecule has 9 nitrogen and oxygen atoms in total. The van der Waals surface area contributed by atoms with E-state index in [0.717, 1.165) is 56.1 Å². The van der Waals surface area contributed by atoms with E-state index in [0.29, 0.717) is 51.4 Å². The normalized spacial score (nSPS) is 21.7. The van der Waals surface area contributed by atoms with Crippen LogP contribution in [0.4, 0.5) is 15.9 Å². The lowest BCUT2D eigenvalue weighted by atomic mass is 9.97. The van der Waals surface area contributed by atoms with Gasteiger partial charge in [0.25, 0.3) is 5.91 Å². The number of ether oxygens (including phenoxy) is 1. The summed E-state index contributed by atoms with van der Waals surface area (Å²) in [4.78, 5) is 32.8. The molecule has 0 bridgehead atoms. The number of aromatic nitrogens is 2. The number of anilines is 2. The molecule has 208 valence electrons. The summed E-state index contributed by atoms with van der Waals surface area (Å²) in [6, 6.07) is 7.41. The Bertz CT molecular complexity index is 1260. The second-order valence-corrected chi connectivity index (χ2v) is 11.3. The molecule has 0 radical (unpaired) electrons. The van der Waals surface area contributed by atoms with Crippen LogP contribution in [-0.2, 0) is 30.8 Å². The highest BCUT2D eigenvalue weighted by Gasteiger charge is 2.33. The van der Waals surface area contributed by atoms with Crippen molar-refractivity contribution in [1.29, 1.82) is 0 Å². The predicted molar refractivity (Wildman–Crippen MR) is 149 cm³/mol. The topological polar surface area (TPSA) is 68.3 Å². The molecule has 2 aromatic rings. The Hall–Kier alpha value is -3.24. The van der Waals surface area contributed by atoms with Crippen molar-refractivity contribution in [2.45, 2.75) is 44.9 Å². The van der Waals surface area contributed by atoms with Crippen LogP contribution < -0.4 is 14.5 Å². The predicted octanol–water partition coefficient (Wildman–Crippen LogP) is 2.59. The van der Waals surface area contributed by atoms with Crippen LogP contribution in [-0.4, -0.2) is 96.6 Å². The fraction of sp³-hybridized carbons (Fsp3) is 0.552. The van der Waals surface area contributed by atoms with Crippen molar-refractivity contribution >= 4 is 17.4 Å². The van der Waals surface area contributed by atoms with Crippen LogP contribution in [0.25, 0.3) is 0 Å². The van der Waals surface area contributed by atoms with Gasteiger partial charge in [0.1, 0.15) is 12.4 Å². The monoisotopic (exact) mass is 535 g/mol. The van der Waals surface area contributed by atoms with Crippen molar-refractivity contribution in [3.8, 4) is 6.01 Å². The molecule has 10 heteroatoms. The van der Waals surface area contributed by atoms with Gasteiger partial charge in [-0.25, -0.2) is 4.39 Å². The number of carbonyl (C=O) groups excluding carboxylic acids is 1. The van der Waals surface area contributed by atoms with Crippen LogP contribution in [0, 0.1) is 0 Å². The third-order valence-electron chi connectivity index (χ3n) is 8.69. The molecule has 39 heavy (non-hydrogen) atoms. The van der Waals surface area contributed by atoms with Gasteiger partial charge in [0, 0.05) is 63.1 Å². The molecule has 1 atom stereocenters. The molecule has 5 heterocycles. The summed E-state index contributed by atoms with van der Waals surface area (Å²) in [7, 11) is 4.31. The van der Waals surface area contributed by atoms with E-state index in [2.05, 4.69) is 58.5 Å². The number of likely N-dealkylation sites (N-methyl/N-ethyl adjacent to an activating group) is 2. The van der Waals surface area contributed by atoms with E-state index in [1.807, 2.05) is 0 Å². The standard InChI is InChI=1S/C29H38FN7O2/c1-20(30)28(38)36-14-12-35(13-15-36)27-24-17-37(26-8-4-6-21-16-33(2)11-9-23(21)26)18-25(24)31-29(32-27)39-19-22-7-5-10-34(22)3/h4,6,8,22H,1,5,7,9-19H2,2-3H3/t22-/m0/s1. The molecular weight excluding hydrogens is 497 g/mol. The van der Waals surface area contributed by atoms with E-state index in [4.69, 9.17) is 14.7 Å². The zero-order valence-corrected chi connectivity index (χ0v) is 23.0. The van der Waals surface area contributed by atoms with Crippen LogP contribution in [0.2, 0.25) is 0 Å². The molecule has 0 saturated carbocycles. The number of hydrogen-bond donors (Lipinski definition) is 0. The highest BCUT2D eigenvalue weighted by atomic mass is 19.1. The molecule has 6 rings (SSSR count). The minimum Gasteiger partial charge on any atom is -0.462 e. The van der Waals surface area contributed by atoms with Gasteiger partial charge in [-0.15, -0.1) is 0 Å². The number of benzene rings is 1. The van der Waals surface area contributed by atoms with Gasteiger partial charge in [0.15, 0.2) is 5.83 Å². The Morgan fingerprint density at radius 2 is 1.85 bits per heavy atom. The Kier molecular flexibility index (Phi) is 7.16. The molecule has 0 spiro atoms. The quantitative estimate of drug-likeness (QED) is 0.523. The second-order valence-electron chi connectivity index (χ2n) is 11.3. The van der Waals surface area contributed by atoms with Gasteiger partial charge < -0.3 is 29.2 Å². The first kappa shape index (κ1) is 26.0. The lowest BCUT2D eigenvalue weighted by Gasteiger charge is -2.36. The van der Waals surface area contributed by atoms with Gasteiger partial charge >= 0.3 is 6.01 Å². The van der Waals surface area contributed by atoms with Crippen molar-refractivity contribution in [3.05, 3.63) is 53.0 Å². The maximum Gasteiger partial charge on any atom is 0.318 e. The SMILES string of the molecule is C=C(F)C(=O)N1CCN(c2nc(OC[C@@H]3CCCN3C)nc3c2CN(c2cccc4c2CCN(C)C4)C3)CC1. The van der Waals surface area contributed by atoms with Gasteiger partial charge in [0.2, 0.25) is 0 Å². The van der Waals surface area contributed by atoms with Gasteiger partial charge in [-0.3, -0.25) is 4.79 Å². The van der Waals surface area contributed by atoms with Gasteiger partial charge in [-0.2, -0.15) is 9.97 Å². The van der Waals surface area contributed by atoms with Crippen molar-refractivity contribution in [2.24, 2.45) is 0 Å². The number of hydrogen-bond acceptors (Lipinski definition) is 8. The molecule has 1 aromatic carbocycles. The Labute approximate surface area is 229 Å². The number of rotatable bonds is 6. The molecule has 4 aliphatic rings. The summed E-state index contributed by atoms with van der Waals surface area (Å²) >= 11 is 0. The van der Waals surface area contributed by atoms with Crippen molar-refractivity contribution < 1.29 is 13.9 Å². The number of amides is 1. The van der Waals surface area contributed by atoms with E-state index in [1.165, 1.54) is 28.1 Å². The fourth-order valence-electron chi connectivity index (χ4n) is 6.39. The zero-order chi connectivity index (χ0) is 27.1. The first-order valence-electron chi connectivity index (χ1n) is 14.0. The average Bonchev–Trinajstić information content (AvgIpc) is 3.56. The molecule has 1 amide bonds. The molecule has 4 aliphatic heterocycles. The van der Waals surface area contributed by atoms with Crippen LogP contribution in [0.3, 0.4) is 0 Å². The first-order valence-corrected chi connectivity index (χ1v) is 14.0. The summed E-state index contributed by atoms with van der Waals surface area (Å²) < 4.78 is 19.7. The summed E-state index contributed by atoms with van der Waals surface area (Å²) in [5.41, 5.74) is 6.20.